The third-order valence-electron chi connectivity index (χ3n) is 4.41. The molecule has 0 spiro atoms. The Morgan fingerprint density at radius 1 is 1.00 bits per heavy atom. The molecule has 6 nitrogen and oxygen atoms in total. The zero-order chi connectivity index (χ0) is 23.1. The smallest absolute Gasteiger partial charge is 0.328 e. The molecule has 0 aliphatic rings. The second-order valence-corrected chi connectivity index (χ2v) is 8.75. The van der Waals surface area contributed by atoms with E-state index in [1.54, 1.807) is 27.7 Å². The van der Waals surface area contributed by atoms with Crippen molar-refractivity contribution >= 4 is 46.7 Å². The van der Waals surface area contributed by atoms with Gasteiger partial charge in [0.1, 0.15) is 5.60 Å². The van der Waals surface area contributed by atoms with Crippen LogP contribution in [-0.2, 0) is 23.9 Å². The van der Waals surface area contributed by atoms with E-state index in [1.165, 1.54) is 25.1 Å². The van der Waals surface area contributed by atoms with Crippen LogP contribution in [0.15, 0.2) is 18.2 Å². The standard InChI is InChI=1S/C22H28Cl2O6/c1-6-29-18(26)9-7-8-12-22(14(2)25,20(28)30-21(3,4)5)19(27)15-10-11-16(23)17(24)13-15/h10-11,13H,6-9,12H2,1-5H3. The molecule has 1 aromatic rings. The summed E-state index contributed by atoms with van der Waals surface area (Å²) >= 11 is 12.0. The topological polar surface area (TPSA) is 86.7 Å². The van der Waals surface area contributed by atoms with Crippen LogP contribution in [0.25, 0.3) is 0 Å². The van der Waals surface area contributed by atoms with Crippen LogP contribution >= 0.6 is 23.2 Å². The van der Waals surface area contributed by atoms with E-state index in [4.69, 9.17) is 32.7 Å². The number of carbonyl (C=O) groups excluding carboxylic acids is 4. The van der Waals surface area contributed by atoms with Crippen molar-refractivity contribution in [3.63, 3.8) is 0 Å². The van der Waals surface area contributed by atoms with Crippen molar-refractivity contribution in [2.24, 2.45) is 5.41 Å². The molecular formula is C22H28Cl2O6. The average molecular weight is 459 g/mol. The van der Waals surface area contributed by atoms with E-state index in [-0.39, 0.29) is 47.4 Å². The molecular weight excluding hydrogens is 431 g/mol. The third-order valence-corrected chi connectivity index (χ3v) is 5.14. The Morgan fingerprint density at radius 2 is 1.63 bits per heavy atom. The molecule has 0 amide bonds. The van der Waals surface area contributed by atoms with Crippen molar-refractivity contribution in [1.29, 1.82) is 0 Å². The minimum absolute atomic E-state index is 0.0795. The summed E-state index contributed by atoms with van der Waals surface area (Å²) in [5, 5.41) is 0.375. The summed E-state index contributed by atoms with van der Waals surface area (Å²) in [4.78, 5) is 50.8. The number of rotatable bonds is 10. The maximum atomic E-state index is 13.4. The molecule has 1 atom stereocenters. The fourth-order valence-corrected chi connectivity index (χ4v) is 3.23. The van der Waals surface area contributed by atoms with Gasteiger partial charge in [0.25, 0.3) is 0 Å². The third kappa shape index (κ3) is 6.81. The number of ketones is 2. The van der Waals surface area contributed by atoms with Gasteiger partial charge in [-0.3, -0.25) is 19.2 Å². The van der Waals surface area contributed by atoms with E-state index in [0.717, 1.165) is 0 Å². The van der Waals surface area contributed by atoms with Crippen molar-refractivity contribution in [2.75, 3.05) is 6.61 Å². The Kier molecular flexibility index (Phi) is 9.50. The largest absolute Gasteiger partial charge is 0.466 e. The summed E-state index contributed by atoms with van der Waals surface area (Å²) in [7, 11) is 0. The van der Waals surface area contributed by atoms with Crippen LogP contribution in [0.5, 0.6) is 0 Å². The molecule has 8 heteroatoms. The van der Waals surface area contributed by atoms with E-state index >= 15 is 0 Å². The summed E-state index contributed by atoms with van der Waals surface area (Å²) in [5.41, 5.74) is -2.87. The maximum Gasteiger partial charge on any atom is 0.328 e. The highest BCUT2D eigenvalue weighted by Crippen LogP contribution is 2.36. The monoisotopic (exact) mass is 458 g/mol. The molecule has 1 unspecified atom stereocenters. The molecule has 166 valence electrons. The first-order valence-electron chi connectivity index (χ1n) is 9.75. The molecule has 0 heterocycles. The first-order chi connectivity index (χ1) is 13.8. The number of hydrogen-bond acceptors (Lipinski definition) is 6. The summed E-state index contributed by atoms with van der Waals surface area (Å²) in [6.45, 7) is 8.12. The van der Waals surface area contributed by atoms with Gasteiger partial charge in [0.15, 0.2) is 17.0 Å². The minimum Gasteiger partial charge on any atom is -0.466 e. The highest BCUT2D eigenvalue weighted by molar-refractivity contribution is 6.42. The first kappa shape index (κ1) is 26.1. The number of hydrogen-bond donors (Lipinski definition) is 0. The van der Waals surface area contributed by atoms with Crippen molar-refractivity contribution in [1.82, 2.24) is 0 Å². The molecule has 0 aliphatic heterocycles. The molecule has 0 N–H and O–H groups in total. The lowest BCUT2D eigenvalue weighted by Gasteiger charge is -2.31. The van der Waals surface area contributed by atoms with Crippen LogP contribution in [-0.4, -0.2) is 35.7 Å². The summed E-state index contributed by atoms with van der Waals surface area (Å²) in [6, 6.07) is 4.17. The molecule has 1 aromatic carbocycles. The Balaban J connectivity index is 3.28. The van der Waals surface area contributed by atoms with Gasteiger partial charge in [-0.05, 0) is 65.7 Å². The summed E-state index contributed by atoms with van der Waals surface area (Å²) in [5.74, 6) is -2.64. The lowest BCUT2D eigenvalue weighted by Crippen LogP contribution is -2.48. The van der Waals surface area contributed by atoms with Crippen LogP contribution in [0.2, 0.25) is 10.0 Å². The van der Waals surface area contributed by atoms with Crippen LogP contribution in [0.1, 0.15) is 70.7 Å². The van der Waals surface area contributed by atoms with Gasteiger partial charge in [0.05, 0.1) is 16.7 Å². The minimum atomic E-state index is -2.04. The molecule has 0 radical (unpaired) electrons. The predicted octanol–water partition coefficient (Wildman–Crippen LogP) is 5.22. The molecule has 0 saturated heterocycles. The number of benzene rings is 1. The Hall–Kier alpha value is -1.92. The molecule has 0 aliphatic carbocycles. The second kappa shape index (κ2) is 10.9. The summed E-state index contributed by atoms with van der Waals surface area (Å²) in [6.07, 6.45) is 0.642. The van der Waals surface area contributed by atoms with E-state index < -0.39 is 28.6 Å². The quantitative estimate of drug-likeness (QED) is 0.206. The highest BCUT2D eigenvalue weighted by atomic mass is 35.5. The van der Waals surface area contributed by atoms with Gasteiger partial charge < -0.3 is 9.47 Å². The lowest BCUT2D eigenvalue weighted by molar-refractivity contribution is -0.167. The average Bonchev–Trinajstić information content (AvgIpc) is 2.62. The van der Waals surface area contributed by atoms with Crippen molar-refractivity contribution in [3.05, 3.63) is 33.8 Å². The number of ether oxygens (including phenoxy) is 2. The molecule has 1 rings (SSSR count). The van der Waals surface area contributed by atoms with Gasteiger partial charge in [0, 0.05) is 12.0 Å². The molecule has 0 bridgehead atoms. The SMILES string of the molecule is CCOC(=O)CCCCC(C(C)=O)(C(=O)OC(C)(C)C)C(=O)c1ccc(Cl)c(Cl)c1. The van der Waals surface area contributed by atoms with Gasteiger partial charge >= 0.3 is 11.9 Å². The van der Waals surface area contributed by atoms with Crippen molar-refractivity contribution < 1.29 is 28.7 Å². The fourth-order valence-electron chi connectivity index (χ4n) is 2.93. The molecule has 0 fully saturated rings. The number of carbonyl (C=O) groups is 4. The van der Waals surface area contributed by atoms with Crippen LogP contribution in [0.4, 0.5) is 0 Å². The van der Waals surface area contributed by atoms with Gasteiger partial charge in [-0.1, -0.05) is 29.6 Å². The van der Waals surface area contributed by atoms with E-state index in [1.807, 2.05) is 0 Å². The van der Waals surface area contributed by atoms with Gasteiger partial charge in [0.2, 0.25) is 0 Å². The van der Waals surface area contributed by atoms with Gasteiger partial charge in [-0.2, -0.15) is 0 Å². The van der Waals surface area contributed by atoms with E-state index in [2.05, 4.69) is 0 Å². The van der Waals surface area contributed by atoms with Crippen LogP contribution in [0, 0.1) is 5.41 Å². The number of Topliss-reactive ketones (excluding diaryl/α,β-unsaturated/α-hetero) is 2. The number of halogens is 2. The van der Waals surface area contributed by atoms with Crippen molar-refractivity contribution in [2.45, 2.75) is 65.9 Å². The molecule has 0 saturated carbocycles. The van der Waals surface area contributed by atoms with E-state index in [0.29, 0.717) is 6.42 Å². The van der Waals surface area contributed by atoms with Crippen LogP contribution < -0.4 is 0 Å². The zero-order valence-corrected chi connectivity index (χ0v) is 19.5. The fraction of sp³-hybridized carbons (Fsp3) is 0.545. The predicted molar refractivity (Wildman–Crippen MR) is 115 cm³/mol. The first-order valence-corrected chi connectivity index (χ1v) is 10.5. The lowest BCUT2D eigenvalue weighted by atomic mass is 9.73. The Labute approximate surface area is 187 Å². The highest BCUT2D eigenvalue weighted by Gasteiger charge is 2.52. The number of esters is 2. The number of unbranched alkanes of at least 4 members (excludes halogenated alkanes) is 1. The van der Waals surface area contributed by atoms with Gasteiger partial charge in [-0.25, -0.2) is 0 Å². The molecule has 30 heavy (non-hydrogen) atoms. The van der Waals surface area contributed by atoms with Crippen LogP contribution in [0.3, 0.4) is 0 Å². The Bertz CT molecular complexity index is 812. The second-order valence-electron chi connectivity index (χ2n) is 7.93. The van der Waals surface area contributed by atoms with E-state index in [9.17, 15) is 19.2 Å². The maximum absolute atomic E-state index is 13.4. The van der Waals surface area contributed by atoms with Gasteiger partial charge in [-0.15, -0.1) is 0 Å². The normalized spacial score (nSPS) is 13.3. The molecule has 0 aromatic heterocycles. The van der Waals surface area contributed by atoms with Crippen molar-refractivity contribution in [3.8, 4) is 0 Å². The zero-order valence-electron chi connectivity index (χ0n) is 18.0. The summed E-state index contributed by atoms with van der Waals surface area (Å²) < 4.78 is 10.3. The Morgan fingerprint density at radius 3 is 2.13 bits per heavy atom.